The molecule has 3 aliphatic heterocycles. The van der Waals surface area contributed by atoms with Gasteiger partial charge in [-0.3, -0.25) is 19.4 Å². The van der Waals surface area contributed by atoms with Crippen LogP contribution in [-0.2, 0) is 24.4 Å². The lowest BCUT2D eigenvalue weighted by molar-refractivity contribution is -0.121. The number of carbonyl (C=O) groups is 1. The minimum absolute atomic E-state index is 0.00165. The molecule has 4 aliphatic rings. The minimum Gasteiger partial charge on any atom is -0.480 e. The molecule has 2 bridgehead atoms. The number of pyridine rings is 1. The molecule has 1 fully saturated rings. The number of rotatable bonds is 2. The van der Waals surface area contributed by atoms with Gasteiger partial charge in [-0.1, -0.05) is 18.2 Å². The Balaban J connectivity index is 1.26. The number of anilines is 3. The monoisotopic (exact) mass is 536 g/mol. The molecule has 40 heavy (non-hydrogen) atoms. The predicted molar refractivity (Wildman–Crippen MR) is 149 cm³/mol. The fourth-order valence-corrected chi connectivity index (χ4v) is 6.05. The summed E-state index contributed by atoms with van der Waals surface area (Å²) in [6.45, 7) is 2.81. The highest BCUT2D eigenvalue weighted by molar-refractivity contribution is 5.97. The maximum absolute atomic E-state index is 13.6. The zero-order valence-electron chi connectivity index (χ0n) is 22.1. The average Bonchev–Trinajstić information content (AvgIpc) is 3.52. The molecule has 11 nitrogen and oxygen atoms in total. The predicted octanol–water partition coefficient (Wildman–Crippen LogP) is 3.13. The van der Waals surface area contributed by atoms with Crippen LogP contribution >= 0.6 is 0 Å². The first-order valence-electron chi connectivity index (χ1n) is 13.6. The maximum Gasteiger partial charge on any atom is 0.278 e. The number of allylic oxidation sites excluding steroid dienone is 2. The van der Waals surface area contributed by atoms with E-state index >= 15 is 0 Å². The smallest absolute Gasteiger partial charge is 0.278 e. The fourth-order valence-electron chi connectivity index (χ4n) is 6.05. The first-order valence-corrected chi connectivity index (χ1v) is 13.6. The summed E-state index contributed by atoms with van der Waals surface area (Å²) in [5, 5.41) is 3.71. The summed E-state index contributed by atoms with van der Waals surface area (Å²) in [5.41, 5.74) is 3.77. The number of benzene rings is 1. The van der Waals surface area contributed by atoms with Gasteiger partial charge in [0.25, 0.3) is 11.5 Å². The van der Waals surface area contributed by atoms with Crippen molar-refractivity contribution in [3.05, 3.63) is 70.2 Å². The van der Waals surface area contributed by atoms with Gasteiger partial charge in [-0.05, 0) is 67.1 Å². The lowest BCUT2D eigenvalue weighted by Crippen LogP contribution is -2.43. The van der Waals surface area contributed by atoms with Gasteiger partial charge in [0.05, 0.1) is 6.54 Å². The number of fused-ring (bicyclic) bond motifs is 6. The van der Waals surface area contributed by atoms with E-state index in [4.69, 9.17) is 14.7 Å². The van der Waals surface area contributed by atoms with Gasteiger partial charge in [0.1, 0.15) is 5.39 Å². The third-order valence-corrected chi connectivity index (χ3v) is 8.41. The molecule has 202 valence electrons. The molecule has 1 amide bonds. The average molecular weight is 537 g/mol. The van der Waals surface area contributed by atoms with Crippen LogP contribution in [0.2, 0.25) is 0 Å². The van der Waals surface area contributed by atoms with E-state index in [0.717, 1.165) is 38.0 Å². The quantitative estimate of drug-likeness (QED) is 0.389. The Labute approximate surface area is 229 Å². The first kappa shape index (κ1) is 23.4. The lowest BCUT2D eigenvalue weighted by Gasteiger charge is -2.31. The van der Waals surface area contributed by atoms with E-state index in [9.17, 15) is 9.59 Å². The Kier molecular flexibility index (Phi) is 4.96. The molecule has 1 aromatic carbocycles. The van der Waals surface area contributed by atoms with Gasteiger partial charge in [0, 0.05) is 31.5 Å². The molecule has 0 atom stereocenters. The Morgan fingerprint density at radius 2 is 1.90 bits per heavy atom. The van der Waals surface area contributed by atoms with E-state index in [-0.39, 0.29) is 23.5 Å². The van der Waals surface area contributed by atoms with Gasteiger partial charge in [-0.2, -0.15) is 4.98 Å². The molecular formula is C29H28N8O3. The third-order valence-electron chi connectivity index (χ3n) is 8.41. The molecular weight excluding hydrogens is 508 g/mol. The van der Waals surface area contributed by atoms with Crippen molar-refractivity contribution in [3.63, 3.8) is 0 Å². The van der Waals surface area contributed by atoms with E-state index in [0.29, 0.717) is 47.5 Å². The lowest BCUT2D eigenvalue weighted by atomic mass is 10.0. The number of carbonyl (C=O) groups excluding carboxylic acids is 1. The summed E-state index contributed by atoms with van der Waals surface area (Å²) in [5.74, 6) is 1.82. The molecule has 1 aliphatic carbocycles. The number of hydrogen-bond acceptors (Lipinski definition) is 8. The highest BCUT2D eigenvalue weighted by Gasteiger charge is 2.45. The van der Waals surface area contributed by atoms with Crippen LogP contribution in [0, 0.1) is 5.41 Å². The number of nitrogens with one attached hydrogen (secondary N) is 1. The van der Waals surface area contributed by atoms with Gasteiger partial charge in [0.15, 0.2) is 29.6 Å². The Bertz CT molecular complexity index is 1800. The number of nitrogens with zero attached hydrogens (tertiary/aromatic N) is 7. The highest BCUT2D eigenvalue weighted by atomic mass is 16.5. The normalized spacial score (nSPS) is 19.9. The van der Waals surface area contributed by atoms with Crippen LogP contribution in [0.3, 0.4) is 0 Å². The van der Waals surface area contributed by atoms with Crippen molar-refractivity contribution in [1.29, 1.82) is 0 Å². The van der Waals surface area contributed by atoms with Crippen LogP contribution in [0.5, 0.6) is 5.75 Å². The van der Waals surface area contributed by atoms with Crippen molar-refractivity contribution in [2.24, 2.45) is 5.41 Å². The van der Waals surface area contributed by atoms with Crippen molar-refractivity contribution in [2.45, 2.75) is 38.9 Å². The van der Waals surface area contributed by atoms with Crippen LogP contribution in [0.25, 0.3) is 16.9 Å². The third kappa shape index (κ3) is 3.72. The highest BCUT2D eigenvalue weighted by Crippen LogP contribution is 2.51. The van der Waals surface area contributed by atoms with E-state index in [1.54, 1.807) is 26.5 Å². The second-order valence-electron chi connectivity index (χ2n) is 11.3. The van der Waals surface area contributed by atoms with Crippen molar-refractivity contribution < 1.29 is 9.53 Å². The topological polar surface area (TPSA) is 110 Å². The molecule has 4 aromatic rings. The number of aromatic nitrogens is 5. The zero-order chi connectivity index (χ0) is 27.0. The van der Waals surface area contributed by atoms with Crippen LogP contribution in [0.1, 0.15) is 30.4 Å². The van der Waals surface area contributed by atoms with Gasteiger partial charge in [-0.25, -0.2) is 19.3 Å². The van der Waals surface area contributed by atoms with Crippen molar-refractivity contribution in [2.75, 3.05) is 30.4 Å². The van der Waals surface area contributed by atoms with Gasteiger partial charge >= 0.3 is 0 Å². The molecule has 0 saturated heterocycles. The van der Waals surface area contributed by atoms with Crippen molar-refractivity contribution >= 4 is 34.4 Å². The number of hydrogen-bond donors (Lipinski definition) is 1. The van der Waals surface area contributed by atoms with Crippen LogP contribution < -0.4 is 20.5 Å². The molecule has 1 saturated carbocycles. The van der Waals surface area contributed by atoms with E-state index in [1.807, 2.05) is 18.2 Å². The van der Waals surface area contributed by atoms with Crippen LogP contribution in [0.15, 0.2) is 53.5 Å². The first-order chi connectivity index (χ1) is 19.5. The molecule has 11 heteroatoms. The summed E-state index contributed by atoms with van der Waals surface area (Å²) in [6, 6.07) is 9.89. The molecule has 3 aromatic heterocycles. The summed E-state index contributed by atoms with van der Waals surface area (Å²) in [6.07, 6.45) is 8.67. The summed E-state index contributed by atoms with van der Waals surface area (Å²) < 4.78 is 9.07. The van der Waals surface area contributed by atoms with Crippen LogP contribution in [0.4, 0.5) is 17.5 Å². The second-order valence-corrected chi connectivity index (χ2v) is 11.3. The number of ether oxygens (including phenoxy) is 1. The largest absolute Gasteiger partial charge is 0.480 e. The molecule has 8 rings (SSSR count). The van der Waals surface area contributed by atoms with Gasteiger partial charge in [-0.15, -0.1) is 0 Å². The molecule has 0 unspecified atom stereocenters. The minimum atomic E-state index is -0.200. The van der Waals surface area contributed by atoms with Crippen molar-refractivity contribution in [1.82, 2.24) is 29.2 Å². The zero-order valence-corrected chi connectivity index (χ0v) is 22.1. The van der Waals surface area contributed by atoms with E-state index in [2.05, 4.69) is 40.5 Å². The molecule has 1 spiro atoms. The molecule has 0 radical (unpaired) electrons. The Morgan fingerprint density at radius 1 is 1.02 bits per heavy atom. The van der Waals surface area contributed by atoms with E-state index < -0.39 is 0 Å². The standard InChI is InChI=1S/C29H28N8O3/c1-34-14-18-4-5-20(12-19(18)15-34)31-28-30-13-21-25(33-28)37-23-7-6-22-26(32-23)35(24(38)16-40-22)17-29(9-10-29)8-2-3-11-36(37)27(21)39/h2-7,12-13H,8-11,14-17H2,1H3,(H,30,31,33)/b3-2-. The van der Waals surface area contributed by atoms with Gasteiger partial charge in [0.2, 0.25) is 5.95 Å². The Morgan fingerprint density at radius 3 is 2.77 bits per heavy atom. The van der Waals surface area contributed by atoms with Gasteiger partial charge < -0.3 is 10.1 Å². The summed E-state index contributed by atoms with van der Waals surface area (Å²) in [4.78, 5) is 44.7. The van der Waals surface area contributed by atoms with Crippen LogP contribution in [-0.4, -0.2) is 55.3 Å². The number of amides is 1. The summed E-state index contributed by atoms with van der Waals surface area (Å²) in [7, 11) is 2.10. The molecule has 6 heterocycles. The Hall–Kier alpha value is -4.51. The van der Waals surface area contributed by atoms with E-state index in [1.165, 1.54) is 11.1 Å². The van der Waals surface area contributed by atoms with Crippen molar-refractivity contribution in [3.8, 4) is 11.6 Å². The molecule has 1 N–H and O–H groups in total. The fraction of sp³-hybridized carbons (Fsp3) is 0.345. The SMILES string of the molecule is CN1Cc2ccc(Nc3ncc4c(=O)n5n(c4n3)-c3ccc4c(n3)N(CC3(C/C=C\C5)CC3)C(=O)CO4)cc2C1. The maximum atomic E-state index is 13.6. The second kappa shape index (κ2) is 8.49. The summed E-state index contributed by atoms with van der Waals surface area (Å²) >= 11 is 0.